The molecule has 0 aromatic heterocycles. The van der Waals surface area contributed by atoms with Crippen molar-refractivity contribution >= 4 is 29.7 Å². The van der Waals surface area contributed by atoms with Crippen LogP contribution in [0.15, 0.2) is 42.5 Å². The van der Waals surface area contributed by atoms with Crippen LogP contribution >= 0.6 is 24.0 Å². The van der Waals surface area contributed by atoms with Crippen LogP contribution in [0.5, 0.6) is 5.75 Å². The molecule has 1 N–H and O–H groups in total. The van der Waals surface area contributed by atoms with Gasteiger partial charge in [-0.05, 0) is 42.8 Å². The van der Waals surface area contributed by atoms with Crippen LogP contribution in [0.3, 0.4) is 0 Å². The summed E-state index contributed by atoms with van der Waals surface area (Å²) in [5, 5.41) is 10.9. The van der Waals surface area contributed by atoms with Gasteiger partial charge in [-0.2, -0.15) is 0 Å². The van der Waals surface area contributed by atoms with Gasteiger partial charge in [0.2, 0.25) is 0 Å². The normalized spacial score (nSPS) is 15.9. The van der Waals surface area contributed by atoms with Crippen molar-refractivity contribution in [2.75, 3.05) is 44.2 Å². The highest BCUT2D eigenvalue weighted by Crippen LogP contribution is 2.22. The Kier molecular flexibility index (Phi) is 8.17. The molecule has 0 saturated carbocycles. The molecule has 4 nitrogen and oxygen atoms in total. The van der Waals surface area contributed by atoms with Gasteiger partial charge in [0.25, 0.3) is 0 Å². The van der Waals surface area contributed by atoms with Crippen LogP contribution in [0.1, 0.15) is 5.56 Å². The van der Waals surface area contributed by atoms with E-state index in [4.69, 9.17) is 16.3 Å². The zero-order chi connectivity index (χ0) is 18.5. The topological polar surface area (TPSA) is 35.9 Å². The highest BCUT2D eigenvalue weighted by Gasteiger charge is 2.21. The van der Waals surface area contributed by atoms with E-state index in [0.717, 1.165) is 37.5 Å². The lowest BCUT2D eigenvalue weighted by Crippen LogP contribution is -2.49. The monoisotopic (exact) mass is 414 g/mol. The Bertz CT molecular complexity index is 740. The number of hydrogen-bond acceptors (Lipinski definition) is 4. The largest absolute Gasteiger partial charge is 0.491 e. The van der Waals surface area contributed by atoms with Crippen molar-refractivity contribution in [3.63, 3.8) is 0 Å². The van der Waals surface area contributed by atoms with Crippen LogP contribution < -0.4 is 9.64 Å². The van der Waals surface area contributed by atoms with Crippen molar-refractivity contribution in [2.24, 2.45) is 0 Å². The molecular formula is C20H25Cl2FN2O2. The third-order valence-electron chi connectivity index (χ3n) is 4.60. The number of para-hydroxylation sites is 1. The lowest BCUT2D eigenvalue weighted by Gasteiger charge is -2.37. The van der Waals surface area contributed by atoms with Crippen LogP contribution in [-0.2, 0) is 0 Å². The molecule has 1 saturated heterocycles. The Morgan fingerprint density at radius 3 is 2.52 bits per heavy atom. The maximum Gasteiger partial charge on any atom is 0.146 e. The van der Waals surface area contributed by atoms with E-state index in [1.165, 1.54) is 6.07 Å². The van der Waals surface area contributed by atoms with E-state index >= 15 is 0 Å². The Labute approximate surface area is 170 Å². The summed E-state index contributed by atoms with van der Waals surface area (Å²) < 4.78 is 19.6. The zero-order valence-electron chi connectivity index (χ0n) is 15.3. The summed E-state index contributed by atoms with van der Waals surface area (Å²) in [6, 6.07) is 12.3. The van der Waals surface area contributed by atoms with Gasteiger partial charge in [-0.25, -0.2) is 4.39 Å². The number of piperazine rings is 1. The van der Waals surface area contributed by atoms with E-state index in [1.807, 2.05) is 36.1 Å². The molecule has 0 radical (unpaired) electrons. The number of aliphatic hydroxyl groups excluding tert-OH is 1. The molecule has 148 valence electrons. The van der Waals surface area contributed by atoms with Gasteiger partial charge in [-0.3, -0.25) is 4.90 Å². The number of ether oxygens (including phenoxy) is 1. The van der Waals surface area contributed by atoms with Crippen molar-refractivity contribution in [1.82, 2.24) is 4.90 Å². The molecule has 1 fully saturated rings. The fourth-order valence-corrected chi connectivity index (χ4v) is 3.42. The highest BCUT2D eigenvalue weighted by molar-refractivity contribution is 6.30. The van der Waals surface area contributed by atoms with Gasteiger partial charge in [-0.1, -0.05) is 23.7 Å². The van der Waals surface area contributed by atoms with Gasteiger partial charge in [0.05, 0.1) is 5.69 Å². The Balaban J connectivity index is 0.00000261. The number of nitrogens with zero attached hydrogens (tertiary/aromatic N) is 2. The quantitative estimate of drug-likeness (QED) is 0.780. The molecule has 1 unspecified atom stereocenters. The first-order valence-corrected chi connectivity index (χ1v) is 9.19. The Morgan fingerprint density at radius 1 is 1.15 bits per heavy atom. The molecule has 27 heavy (non-hydrogen) atoms. The lowest BCUT2D eigenvalue weighted by atomic mass is 10.2. The summed E-state index contributed by atoms with van der Waals surface area (Å²) in [5.41, 5.74) is 1.59. The maximum absolute atomic E-state index is 13.9. The molecule has 3 rings (SSSR count). The number of halogens is 3. The van der Waals surface area contributed by atoms with Crippen molar-refractivity contribution < 1.29 is 14.2 Å². The predicted octanol–water partition coefficient (Wildman–Crippen LogP) is 3.77. The molecule has 1 heterocycles. The number of β-amino-alcohol motifs (C(OH)–C–C–N with tert-alkyl or cyclic N) is 1. The summed E-state index contributed by atoms with van der Waals surface area (Å²) in [6.07, 6.45) is -0.579. The van der Waals surface area contributed by atoms with Gasteiger partial charge in [0.15, 0.2) is 0 Å². The molecule has 1 aliphatic rings. The number of benzene rings is 2. The van der Waals surface area contributed by atoms with Gasteiger partial charge >= 0.3 is 0 Å². The summed E-state index contributed by atoms with van der Waals surface area (Å²) in [5.74, 6) is 0.547. The number of hydrogen-bond donors (Lipinski definition) is 1. The molecule has 2 aromatic carbocycles. The first-order valence-electron chi connectivity index (χ1n) is 8.82. The summed E-state index contributed by atoms with van der Waals surface area (Å²) in [4.78, 5) is 4.23. The Hall–Kier alpha value is -1.53. The van der Waals surface area contributed by atoms with E-state index in [-0.39, 0.29) is 24.8 Å². The molecule has 0 bridgehead atoms. The number of anilines is 1. The van der Waals surface area contributed by atoms with Crippen LogP contribution in [0, 0.1) is 12.7 Å². The lowest BCUT2D eigenvalue weighted by molar-refractivity contribution is 0.0660. The molecule has 1 aliphatic heterocycles. The van der Waals surface area contributed by atoms with Crippen molar-refractivity contribution in [1.29, 1.82) is 0 Å². The summed E-state index contributed by atoms with van der Waals surface area (Å²) in [7, 11) is 0. The second-order valence-electron chi connectivity index (χ2n) is 6.61. The second-order valence-corrected chi connectivity index (χ2v) is 7.05. The summed E-state index contributed by atoms with van der Waals surface area (Å²) in [6.45, 7) is 5.75. The smallest absolute Gasteiger partial charge is 0.146 e. The number of aryl methyl sites for hydroxylation is 1. The van der Waals surface area contributed by atoms with Crippen molar-refractivity contribution in [3.05, 3.63) is 58.9 Å². The fraction of sp³-hybridized carbons (Fsp3) is 0.400. The van der Waals surface area contributed by atoms with E-state index in [2.05, 4.69) is 4.90 Å². The molecule has 0 amide bonds. The first-order chi connectivity index (χ1) is 12.5. The number of rotatable bonds is 6. The first kappa shape index (κ1) is 21.8. The molecule has 7 heteroatoms. The minimum absolute atomic E-state index is 0. The average molecular weight is 415 g/mol. The molecule has 1 atom stereocenters. The molecular weight excluding hydrogens is 390 g/mol. The molecule has 0 spiro atoms. The van der Waals surface area contributed by atoms with Gasteiger partial charge in [-0.15, -0.1) is 12.4 Å². The SMILES string of the molecule is Cc1cc(Cl)ccc1OCC(O)CN1CCN(c2ccccc2F)CC1.Cl. The summed E-state index contributed by atoms with van der Waals surface area (Å²) >= 11 is 5.94. The van der Waals surface area contributed by atoms with E-state index in [0.29, 0.717) is 17.3 Å². The molecule has 2 aromatic rings. The minimum atomic E-state index is -0.579. The Morgan fingerprint density at radius 2 is 1.85 bits per heavy atom. The third kappa shape index (κ3) is 5.98. The maximum atomic E-state index is 13.9. The van der Waals surface area contributed by atoms with Gasteiger partial charge in [0.1, 0.15) is 24.3 Å². The van der Waals surface area contributed by atoms with Crippen molar-refractivity contribution in [2.45, 2.75) is 13.0 Å². The van der Waals surface area contributed by atoms with Crippen molar-refractivity contribution in [3.8, 4) is 5.75 Å². The molecule has 0 aliphatic carbocycles. The van der Waals surface area contributed by atoms with E-state index in [9.17, 15) is 9.50 Å². The van der Waals surface area contributed by atoms with Gasteiger partial charge < -0.3 is 14.7 Å². The van der Waals surface area contributed by atoms with Crippen LogP contribution in [0.2, 0.25) is 5.02 Å². The average Bonchev–Trinajstić information content (AvgIpc) is 2.62. The third-order valence-corrected chi connectivity index (χ3v) is 4.84. The number of aliphatic hydroxyl groups is 1. The predicted molar refractivity (Wildman–Crippen MR) is 110 cm³/mol. The van der Waals surface area contributed by atoms with Crippen LogP contribution in [0.4, 0.5) is 10.1 Å². The van der Waals surface area contributed by atoms with E-state index in [1.54, 1.807) is 12.1 Å². The standard InChI is InChI=1S/C20H24ClFN2O2.ClH/c1-15-12-16(21)6-7-20(15)26-14-17(25)13-23-8-10-24(11-9-23)19-5-3-2-4-18(19)22;/h2-7,12,17,25H,8-11,13-14H2,1H3;1H. The second kappa shape index (κ2) is 10.1. The van der Waals surface area contributed by atoms with Crippen LogP contribution in [0.25, 0.3) is 0 Å². The fourth-order valence-electron chi connectivity index (χ4n) is 3.19. The minimum Gasteiger partial charge on any atom is -0.491 e. The highest BCUT2D eigenvalue weighted by atomic mass is 35.5. The van der Waals surface area contributed by atoms with Crippen LogP contribution in [-0.4, -0.2) is 55.4 Å². The van der Waals surface area contributed by atoms with Gasteiger partial charge in [0, 0.05) is 37.7 Å². The zero-order valence-corrected chi connectivity index (χ0v) is 16.8. The van der Waals surface area contributed by atoms with E-state index < -0.39 is 6.10 Å².